The molecule has 24 heavy (non-hydrogen) atoms. The summed E-state index contributed by atoms with van der Waals surface area (Å²) >= 11 is 0. The van der Waals surface area contributed by atoms with Crippen LogP contribution in [-0.4, -0.2) is 16.2 Å². The minimum atomic E-state index is -1.89. The van der Waals surface area contributed by atoms with Gasteiger partial charge in [-0.2, -0.15) is 0 Å². The van der Waals surface area contributed by atoms with Gasteiger partial charge in [0.25, 0.3) is 0 Å². The summed E-state index contributed by atoms with van der Waals surface area (Å²) in [6.45, 7) is 1.68. The van der Waals surface area contributed by atoms with Crippen molar-refractivity contribution < 1.29 is 19.2 Å². The number of aryl methyl sites for hydroxylation is 1. The first kappa shape index (κ1) is 16.0. The van der Waals surface area contributed by atoms with E-state index in [1.54, 1.807) is 61.5 Å². The quantitative estimate of drug-likeness (QED) is 0.731. The third-order valence-electron chi connectivity index (χ3n) is 3.70. The van der Waals surface area contributed by atoms with Crippen LogP contribution >= 0.6 is 0 Å². The number of aliphatic hydroxyl groups is 1. The van der Waals surface area contributed by atoms with Gasteiger partial charge in [-0.3, -0.25) is 0 Å². The van der Waals surface area contributed by atoms with Crippen LogP contribution in [0.15, 0.2) is 71.3 Å². The van der Waals surface area contributed by atoms with Crippen LogP contribution in [0, 0.1) is 6.92 Å². The standard InChI is InChI=1S/C19H17NO4/c1-14-12-17(24-20-14)13-23-18(21)19(22,15-8-4-2-5-9-15)16-10-6-3-7-11-16/h2-12,22H,13H2,1H3. The van der Waals surface area contributed by atoms with Crippen molar-refractivity contribution in [3.8, 4) is 0 Å². The van der Waals surface area contributed by atoms with Gasteiger partial charge in [0.15, 0.2) is 12.4 Å². The number of carbonyl (C=O) groups excluding carboxylic acids is 1. The average Bonchev–Trinajstić information content (AvgIpc) is 3.05. The number of benzene rings is 2. The highest BCUT2D eigenvalue weighted by molar-refractivity contribution is 5.85. The van der Waals surface area contributed by atoms with Gasteiger partial charge in [0.1, 0.15) is 0 Å². The lowest BCUT2D eigenvalue weighted by atomic mass is 9.86. The van der Waals surface area contributed by atoms with Crippen molar-refractivity contribution in [1.29, 1.82) is 0 Å². The van der Waals surface area contributed by atoms with Gasteiger partial charge >= 0.3 is 5.97 Å². The van der Waals surface area contributed by atoms with Gasteiger partial charge in [0, 0.05) is 6.07 Å². The molecule has 2 aromatic carbocycles. The molecule has 0 unspecified atom stereocenters. The van der Waals surface area contributed by atoms with Crippen LogP contribution in [0.1, 0.15) is 22.6 Å². The SMILES string of the molecule is Cc1cc(COC(=O)C(O)(c2ccccc2)c2ccccc2)on1. The Morgan fingerprint density at radius 2 is 1.62 bits per heavy atom. The van der Waals surface area contributed by atoms with Crippen molar-refractivity contribution in [1.82, 2.24) is 5.16 Å². The molecule has 1 heterocycles. The predicted molar refractivity (Wildman–Crippen MR) is 86.9 cm³/mol. The maximum absolute atomic E-state index is 12.7. The fraction of sp³-hybridized carbons (Fsp3) is 0.158. The van der Waals surface area contributed by atoms with Crippen LogP contribution in [0.25, 0.3) is 0 Å². The fourth-order valence-corrected chi connectivity index (χ4v) is 2.49. The third-order valence-corrected chi connectivity index (χ3v) is 3.70. The van der Waals surface area contributed by atoms with Gasteiger partial charge < -0.3 is 14.4 Å². The Hall–Kier alpha value is -2.92. The second-order valence-electron chi connectivity index (χ2n) is 5.45. The molecule has 0 bridgehead atoms. The van der Waals surface area contributed by atoms with E-state index in [-0.39, 0.29) is 6.61 Å². The average molecular weight is 323 g/mol. The maximum atomic E-state index is 12.7. The number of rotatable bonds is 5. The summed E-state index contributed by atoms with van der Waals surface area (Å²) in [6.07, 6.45) is 0. The summed E-state index contributed by atoms with van der Waals surface area (Å²) in [6, 6.07) is 19.1. The molecule has 3 rings (SSSR count). The molecule has 5 nitrogen and oxygen atoms in total. The summed E-state index contributed by atoms with van der Waals surface area (Å²) in [5, 5.41) is 14.9. The molecular weight excluding hydrogens is 306 g/mol. The molecule has 0 saturated heterocycles. The van der Waals surface area contributed by atoms with Crippen molar-refractivity contribution in [3.63, 3.8) is 0 Å². The van der Waals surface area contributed by atoms with Crippen LogP contribution in [0.2, 0.25) is 0 Å². The normalized spacial score (nSPS) is 11.2. The largest absolute Gasteiger partial charge is 0.455 e. The van der Waals surface area contributed by atoms with Crippen molar-refractivity contribution in [2.75, 3.05) is 0 Å². The maximum Gasteiger partial charge on any atom is 0.348 e. The van der Waals surface area contributed by atoms with Crippen molar-refractivity contribution in [3.05, 3.63) is 89.3 Å². The second kappa shape index (κ2) is 6.68. The molecule has 0 saturated carbocycles. The van der Waals surface area contributed by atoms with E-state index in [1.807, 2.05) is 12.1 Å². The molecule has 0 fully saturated rings. The van der Waals surface area contributed by atoms with E-state index in [0.717, 1.165) is 0 Å². The Kier molecular flexibility index (Phi) is 4.44. The lowest BCUT2D eigenvalue weighted by molar-refractivity contribution is -0.164. The zero-order valence-corrected chi connectivity index (χ0v) is 13.2. The van der Waals surface area contributed by atoms with E-state index < -0.39 is 11.6 Å². The zero-order valence-electron chi connectivity index (χ0n) is 13.2. The van der Waals surface area contributed by atoms with Crippen LogP contribution in [0.5, 0.6) is 0 Å². The van der Waals surface area contributed by atoms with Gasteiger partial charge in [-0.15, -0.1) is 0 Å². The van der Waals surface area contributed by atoms with Crippen molar-refractivity contribution in [2.45, 2.75) is 19.1 Å². The van der Waals surface area contributed by atoms with E-state index in [0.29, 0.717) is 22.6 Å². The highest BCUT2D eigenvalue weighted by atomic mass is 16.6. The van der Waals surface area contributed by atoms with Crippen LogP contribution < -0.4 is 0 Å². The highest BCUT2D eigenvalue weighted by Gasteiger charge is 2.41. The first-order valence-electron chi connectivity index (χ1n) is 7.53. The Balaban J connectivity index is 1.91. The minimum Gasteiger partial charge on any atom is -0.455 e. The first-order chi connectivity index (χ1) is 11.6. The number of hydrogen-bond acceptors (Lipinski definition) is 5. The lowest BCUT2D eigenvalue weighted by Crippen LogP contribution is -2.38. The van der Waals surface area contributed by atoms with Crippen molar-refractivity contribution >= 4 is 5.97 Å². The van der Waals surface area contributed by atoms with E-state index in [1.165, 1.54) is 0 Å². The summed E-state index contributed by atoms with van der Waals surface area (Å²) in [5.74, 6) is -0.349. The highest BCUT2D eigenvalue weighted by Crippen LogP contribution is 2.31. The summed E-state index contributed by atoms with van der Waals surface area (Å²) in [7, 11) is 0. The number of hydrogen-bond donors (Lipinski definition) is 1. The summed E-state index contributed by atoms with van der Waals surface area (Å²) in [4.78, 5) is 12.7. The molecule has 0 aliphatic heterocycles. The molecule has 122 valence electrons. The number of aromatic nitrogens is 1. The monoisotopic (exact) mass is 323 g/mol. The molecule has 1 N–H and O–H groups in total. The van der Waals surface area contributed by atoms with E-state index in [2.05, 4.69) is 5.16 Å². The first-order valence-corrected chi connectivity index (χ1v) is 7.53. The van der Waals surface area contributed by atoms with Gasteiger partial charge in [-0.25, -0.2) is 4.79 Å². The van der Waals surface area contributed by atoms with Gasteiger partial charge in [0.2, 0.25) is 5.60 Å². The van der Waals surface area contributed by atoms with Gasteiger partial charge in [-0.1, -0.05) is 65.8 Å². The number of nitrogens with zero attached hydrogens (tertiary/aromatic N) is 1. The molecular formula is C19H17NO4. The summed E-state index contributed by atoms with van der Waals surface area (Å²) in [5.41, 5.74) is -0.315. The van der Waals surface area contributed by atoms with E-state index >= 15 is 0 Å². The van der Waals surface area contributed by atoms with E-state index in [4.69, 9.17) is 9.26 Å². The topological polar surface area (TPSA) is 72.6 Å². The Morgan fingerprint density at radius 1 is 1.08 bits per heavy atom. The second-order valence-corrected chi connectivity index (χ2v) is 5.45. The molecule has 0 radical (unpaired) electrons. The molecule has 0 amide bonds. The minimum absolute atomic E-state index is 0.0956. The molecule has 3 aromatic rings. The lowest BCUT2D eigenvalue weighted by Gasteiger charge is -2.26. The number of carbonyl (C=O) groups is 1. The molecule has 5 heteroatoms. The van der Waals surface area contributed by atoms with Crippen LogP contribution in [0.3, 0.4) is 0 Å². The zero-order chi connectivity index (χ0) is 17.0. The van der Waals surface area contributed by atoms with Crippen LogP contribution in [0.4, 0.5) is 0 Å². The van der Waals surface area contributed by atoms with Crippen LogP contribution in [-0.2, 0) is 21.7 Å². The molecule has 0 aliphatic rings. The van der Waals surface area contributed by atoms with Gasteiger partial charge in [-0.05, 0) is 18.1 Å². The molecule has 0 aliphatic carbocycles. The molecule has 0 atom stereocenters. The number of esters is 1. The van der Waals surface area contributed by atoms with Crippen molar-refractivity contribution in [2.24, 2.45) is 0 Å². The summed E-state index contributed by atoms with van der Waals surface area (Å²) < 4.78 is 10.3. The Morgan fingerprint density at radius 3 is 2.08 bits per heavy atom. The Bertz CT molecular complexity index is 772. The van der Waals surface area contributed by atoms with Gasteiger partial charge in [0.05, 0.1) is 5.69 Å². The number of ether oxygens (including phenoxy) is 1. The predicted octanol–water partition coefficient (Wildman–Crippen LogP) is 2.96. The Labute approximate surface area is 139 Å². The fourth-order valence-electron chi connectivity index (χ4n) is 2.49. The molecule has 1 aromatic heterocycles. The smallest absolute Gasteiger partial charge is 0.348 e. The molecule has 0 spiro atoms. The van der Waals surface area contributed by atoms with E-state index in [9.17, 15) is 9.90 Å². The third kappa shape index (κ3) is 3.07.